The molecule has 1 aliphatic rings. The van der Waals surface area contributed by atoms with Crippen LogP contribution in [0.3, 0.4) is 0 Å². The smallest absolute Gasteiger partial charge is 0.308 e. The molecule has 0 aliphatic carbocycles. The average Bonchev–Trinajstić information content (AvgIpc) is 2.82. The van der Waals surface area contributed by atoms with Gasteiger partial charge in [0.2, 0.25) is 0 Å². The third kappa shape index (κ3) is 5.64. The maximum absolute atomic E-state index is 11.2. The van der Waals surface area contributed by atoms with Crippen LogP contribution in [0, 0.1) is 0 Å². The van der Waals surface area contributed by atoms with Crippen molar-refractivity contribution in [3.63, 3.8) is 0 Å². The number of carbonyl (C=O) groups excluding carboxylic acids is 2. The standard InChI is InChI=1S/C28H26O6/c1-18(29)32-23-10-5-20(6-11-23)4-7-22-16-27(21-8-12-24(13-9-21)33-19(2)30)34-28-17-25(31-3)14-15-26(22)28/h4-15,17,22,27H,16H2,1-3H3. The van der Waals surface area contributed by atoms with Gasteiger partial charge in [0.15, 0.2) is 0 Å². The molecule has 0 radical (unpaired) electrons. The molecular weight excluding hydrogens is 432 g/mol. The van der Waals surface area contributed by atoms with Gasteiger partial charge in [-0.25, -0.2) is 0 Å². The minimum Gasteiger partial charge on any atom is -0.497 e. The predicted octanol–water partition coefficient (Wildman–Crippen LogP) is 5.87. The molecule has 0 aromatic heterocycles. The molecule has 2 atom stereocenters. The number of methoxy groups -OCH3 is 1. The Balaban J connectivity index is 1.59. The highest BCUT2D eigenvalue weighted by atomic mass is 16.5. The molecule has 4 rings (SSSR count). The molecular formula is C28H26O6. The number of rotatable bonds is 6. The second-order valence-corrected chi connectivity index (χ2v) is 8.04. The highest BCUT2D eigenvalue weighted by Crippen LogP contribution is 2.44. The second kappa shape index (κ2) is 10.3. The topological polar surface area (TPSA) is 71.1 Å². The number of hydrogen-bond donors (Lipinski definition) is 0. The molecule has 6 heteroatoms. The number of hydrogen-bond acceptors (Lipinski definition) is 6. The first-order chi connectivity index (χ1) is 16.4. The summed E-state index contributed by atoms with van der Waals surface area (Å²) in [7, 11) is 1.63. The van der Waals surface area contributed by atoms with Crippen LogP contribution in [-0.4, -0.2) is 19.0 Å². The summed E-state index contributed by atoms with van der Waals surface area (Å²) in [6.07, 6.45) is 4.79. The van der Waals surface area contributed by atoms with Crippen LogP contribution in [0.4, 0.5) is 0 Å². The average molecular weight is 459 g/mol. The van der Waals surface area contributed by atoms with E-state index in [9.17, 15) is 9.59 Å². The molecule has 1 heterocycles. The number of benzene rings is 3. The first-order valence-electron chi connectivity index (χ1n) is 11.0. The molecule has 6 nitrogen and oxygen atoms in total. The zero-order valence-corrected chi connectivity index (χ0v) is 19.3. The van der Waals surface area contributed by atoms with Gasteiger partial charge in [0.25, 0.3) is 0 Å². The van der Waals surface area contributed by atoms with Gasteiger partial charge in [-0.1, -0.05) is 42.5 Å². The minimum absolute atomic E-state index is 0.112. The fourth-order valence-corrected chi connectivity index (χ4v) is 3.95. The summed E-state index contributed by atoms with van der Waals surface area (Å²) in [5, 5.41) is 0. The first-order valence-corrected chi connectivity index (χ1v) is 11.0. The van der Waals surface area contributed by atoms with Crippen molar-refractivity contribution in [1.29, 1.82) is 0 Å². The Bertz CT molecular complexity index is 1190. The zero-order chi connectivity index (χ0) is 24.1. The summed E-state index contributed by atoms with van der Waals surface area (Å²) in [5.41, 5.74) is 3.08. The van der Waals surface area contributed by atoms with Crippen molar-refractivity contribution in [2.24, 2.45) is 0 Å². The number of carbonyl (C=O) groups is 2. The van der Waals surface area contributed by atoms with Crippen molar-refractivity contribution < 1.29 is 28.5 Å². The number of ether oxygens (including phenoxy) is 4. The third-order valence-electron chi connectivity index (χ3n) is 5.53. The van der Waals surface area contributed by atoms with E-state index in [1.807, 2.05) is 42.5 Å². The molecule has 0 saturated carbocycles. The molecule has 3 aromatic rings. The van der Waals surface area contributed by atoms with Gasteiger partial charge in [0.1, 0.15) is 29.1 Å². The van der Waals surface area contributed by atoms with Gasteiger partial charge in [-0.3, -0.25) is 9.59 Å². The lowest BCUT2D eigenvalue weighted by Crippen LogP contribution is -2.18. The molecule has 3 aromatic carbocycles. The Morgan fingerprint density at radius 2 is 1.44 bits per heavy atom. The van der Waals surface area contributed by atoms with E-state index in [0.29, 0.717) is 11.5 Å². The number of allylic oxidation sites excluding steroid dienone is 1. The van der Waals surface area contributed by atoms with Crippen LogP contribution in [0.5, 0.6) is 23.0 Å². The molecule has 0 bridgehead atoms. The summed E-state index contributed by atoms with van der Waals surface area (Å²) in [5.74, 6) is 1.94. The third-order valence-corrected chi connectivity index (χ3v) is 5.53. The van der Waals surface area contributed by atoms with Crippen molar-refractivity contribution in [2.75, 3.05) is 7.11 Å². The maximum Gasteiger partial charge on any atom is 0.308 e. The first kappa shape index (κ1) is 23.1. The molecule has 34 heavy (non-hydrogen) atoms. The van der Waals surface area contributed by atoms with Crippen LogP contribution in [-0.2, 0) is 9.59 Å². The SMILES string of the molecule is COc1ccc2c(c1)OC(c1ccc(OC(C)=O)cc1)CC2C=Cc1ccc(OC(C)=O)cc1. The van der Waals surface area contributed by atoms with E-state index >= 15 is 0 Å². The Labute approximate surface area is 198 Å². The largest absolute Gasteiger partial charge is 0.497 e. The van der Waals surface area contributed by atoms with E-state index in [0.717, 1.165) is 34.6 Å². The monoisotopic (exact) mass is 458 g/mol. The van der Waals surface area contributed by atoms with Crippen molar-refractivity contribution in [3.05, 3.63) is 89.5 Å². The van der Waals surface area contributed by atoms with Crippen molar-refractivity contribution in [3.8, 4) is 23.0 Å². The van der Waals surface area contributed by atoms with Crippen LogP contribution in [0.1, 0.15) is 49.0 Å². The van der Waals surface area contributed by atoms with E-state index in [1.54, 1.807) is 31.4 Å². The molecule has 0 N–H and O–H groups in total. The Kier molecular flexibility index (Phi) is 6.97. The second-order valence-electron chi connectivity index (χ2n) is 8.04. The Hall–Kier alpha value is -4.06. The Morgan fingerprint density at radius 3 is 2.03 bits per heavy atom. The van der Waals surface area contributed by atoms with Crippen LogP contribution in [0.15, 0.2) is 72.8 Å². The number of esters is 2. The van der Waals surface area contributed by atoms with Gasteiger partial charge in [-0.15, -0.1) is 0 Å². The minimum atomic E-state index is -0.353. The normalized spacial score (nSPS) is 16.9. The van der Waals surface area contributed by atoms with Gasteiger partial charge in [0.05, 0.1) is 7.11 Å². The lowest BCUT2D eigenvalue weighted by Gasteiger charge is -2.31. The molecule has 2 unspecified atom stereocenters. The van der Waals surface area contributed by atoms with E-state index in [1.165, 1.54) is 13.8 Å². The van der Waals surface area contributed by atoms with Crippen LogP contribution in [0.2, 0.25) is 0 Å². The van der Waals surface area contributed by atoms with Crippen molar-refractivity contribution in [2.45, 2.75) is 32.3 Å². The molecule has 0 fully saturated rings. The van der Waals surface area contributed by atoms with E-state index in [2.05, 4.69) is 12.2 Å². The highest BCUT2D eigenvalue weighted by Gasteiger charge is 2.28. The summed E-state index contributed by atoms with van der Waals surface area (Å²) < 4.78 is 22.0. The van der Waals surface area contributed by atoms with E-state index in [4.69, 9.17) is 18.9 Å². The van der Waals surface area contributed by atoms with Crippen LogP contribution < -0.4 is 18.9 Å². The lowest BCUT2D eigenvalue weighted by molar-refractivity contribution is -0.132. The Morgan fingerprint density at radius 1 is 0.853 bits per heavy atom. The fourth-order valence-electron chi connectivity index (χ4n) is 3.95. The maximum atomic E-state index is 11.2. The van der Waals surface area contributed by atoms with Crippen molar-refractivity contribution in [1.82, 2.24) is 0 Å². The van der Waals surface area contributed by atoms with Gasteiger partial charge < -0.3 is 18.9 Å². The summed E-state index contributed by atoms with van der Waals surface area (Å²) in [6.45, 7) is 2.76. The molecule has 1 aliphatic heterocycles. The molecule has 0 saturated heterocycles. The van der Waals surface area contributed by atoms with Crippen LogP contribution in [0.25, 0.3) is 6.08 Å². The molecule has 174 valence electrons. The molecule has 0 amide bonds. The van der Waals surface area contributed by atoms with Crippen LogP contribution >= 0.6 is 0 Å². The van der Waals surface area contributed by atoms with Crippen molar-refractivity contribution >= 4 is 18.0 Å². The fraction of sp³-hybridized carbons (Fsp3) is 0.214. The zero-order valence-electron chi connectivity index (χ0n) is 19.3. The predicted molar refractivity (Wildman–Crippen MR) is 128 cm³/mol. The summed E-state index contributed by atoms with van der Waals surface area (Å²) in [6, 6.07) is 20.6. The van der Waals surface area contributed by atoms with Gasteiger partial charge >= 0.3 is 11.9 Å². The van der Waals surface area contributed by atoms with Gasteiger partial charge in [-0.2, -0.15) is 0 Å². The van der Waals surface area contributed by atoms with E-state index < -0.39 is 0 Å². The highest BCUT2D eigenvalue weighted by molar-refractivity contribution is 5.70. The van der Waals surface area contributed by atoms with Gasteiger partial charge in [-0.05, 0) is 47.9 Å². The molecule has 0 spiro atoms. The lowest BCUT2D eigenvalue weighted by atomic mass is 9.86. The van der Waals surface area contributed by atoms with Gasteiger partial charge in [0, 0.05) is 31.4 Å². The quantitative estimate of drug-likeness (QED) is 0.340. The van der Waals surface area contributed by atoms with E-state index in [-0.39, 0.29) is 24.0 Å². The number of fused-ring (bicyclic) bond motifs is 1. The summed E-state index contributed by atoms with van der Waals surface area (Å²) >= 11 is 0. The summed E-state index contributed by atoms with van der Waals surface area (Å²) in [4.78, 5) is 22.3.